The molecule has 1 amide bonds. The molecule has 0 saturated carbocycles. The highest BCUT2D eigenvalue weighted by atomic mass is 32.2. The van der Waals surface area contributed by atoms with E-state index in [1.807, 2.05) is 23.6 Å². The molecule has 1 unspecified atom stereocenters. The fourth-order valence-corrected chi connectivity index (χ4v) is 6.96. The molecule has 6 nitrogen and oxygen atoms in total. The number of hydrogen-bond donors (Lipinski definition) is 0. The Morgan fingerprint density at radius 3 is 2.81 bits per heavy atom. The van der Waals surface area contributed by atoms with Crippen LogP contribution in [0.25, 0.3) is 10.2 Å². The zero-order valence-corrected chi connectivity index (χ0v) is 20.6. The van der Waals surface area contributed by atoms with Crippen LogP contribution in [-0.2, 0) is 24.2 Å². The third-order valence-corrected chi connectivity index (χ3v) is 8.62. The molecule has 2 aliphatic rings. The molecule has 0 spiro atoms. The molecule has 4 rings (SSSR count). The summed E-state index contributed by atoms with van der Waals surface area (Å²) in [4.78, 5) is 37.7. The number of aryl methyl sites for hydroxylation is 2. The summed E-state index contributed by atoms with van der Waals surface area (Å²) >= 11 is 3.13. The van der Waals surface area contributed by atoms with Crippen molar-refractivity contribution < 1.29 is 4.79 Å². The monoisotopic (exact) mass is 462 g/mol. The fourth-order valence-electron chi connectivity index (χ4n) is 4.75. The number of thiophene rings is 1. The van der Waals surface area contributed by atoms with Crippen molar-refractivity contribution in [2.24, 2.45) is 0 Å². The van der Waals surface area contributed by atoms with E-state index in [0.717, 1.165) is 61.8 Å². The molecule has 1 atom stereocenters. The second-order valence-electron chi connectivity index (χ2n) is 9.12. The average molecular weight is 463 g/mol. The molecule has 31 heavy (non-hydrogen) atoms. The van der Waals surface area contributed by atoms with Crippen LogP contribution in [0.2, 0.25) is 0 Å². The lowest BCUT2D eigenvalue weighted by Gasteiger charge is -2.33. The Morgan fingerprint density at radius 2 is 2.03 bits per heavy atom. The molecular weight excluding hydrogens is 428 g/mol. The van der Waals surface area contributed by atoms with Crippen LogP contribution in [0.3, 0.4) is 0 Å². The van der Waals surface area contributed by atoms with Gasteiger partial charge in [-0.1, -0.05) is 11.8 Å². The number of carbonyl (C=O) groups excluding carboxylic acids is 1. The van der Waals surface area contributed by atoms with Crippen molar-refractivity contribution in [3.8, 4) is 0 Å². The molecule has 8 heteroatoms. The molecule has 0 bridgehead atoms. The molecule has 0 aromatic carbocycles. The number of rotatable bonds is 7. The summed E-state index contributed by atoms with van der Waals surface area (Å²) in [7, 11) is 4.10. The SMILES string of the molecule is CC1CCCCN1C(=O)CSc1nc2sc3c(c2c(=O)n1CCCN(C)C)CCCC3. The Morgan fingerprint density at radius 1 is 1.23 bits per heavy atom. The first kappa shape index (κ1) is 22.8. The Balaban J connectivity index is 1.62. The van der Waals surface area contributed by atoms with Crippen molar-refractivity contribution in [3.63, 3.8) is 0 Å². The van der Waals surface area contributed by atoms with Gasteiger partial charge in [-0.3, -0.25) is 14.2 Å². The number of amides is 1. The zero-order chi connectivity index (χ0) is 22.0. The number of hydrogen-bond acceptors (Lipinski definition) is 6. The third-order valence-electron chi connectivity index (χ3n) is 6.47. The highest BCUT2D eigenvalue weighted by molar-refractivity contribution is 7.99. The molecule has 0 N–H and O–H groups in total. The van der Waals surface area contributed by atoms with Crippen molar-refractivity contribution in [2.75, 3.05) is 32.9 Å². The van der Waals surface area contributed by atoms with Crippen LogP contribution in [0.15, 0.2) is 9.95 Å². The molecule has 1 aliphatic heterocycles. The van der Waals surface area contributed by atoms with Gasteiger partial charge < -0.3 is 9.80 Å². The summed E-state index contributed by atoms with van der Waals surface area (Å²) in [5.41, 5.74) is 1.32. The van der Waals surface area contributed by atoms with E-state index in [4.69, 9.17) is 4.98 Å². The van der Waals surface area contributed by atoms with Gasteiger partial charge in [0.25, 0.3) is 5.56 Å². The lowest BCUT2D eigenvalue weighted by atomic mass is 9.97. The molecule has 0 radical (unpaired) electrons. The van der Waals surface area contributed by atoms with Crippen LogP contribution in [0.5, 0.6) is 0 Å². The molecule has 2 aromatic heterocycles. The Labute approximate surface area is 193 Å². The minimum absolute atomic E-state index is 0.0874. The van der Waals surface area contributed by atoms with E-state index in [9.17, 15) is 9.59 Å². The summed E-state index contributed by atoms with van der Waals surface area (Å²) in [6, 6.07) is 0.309. The normalized spacial score (nSPS) is 19.2. The van der Waals surface area contributed by atoms with Gasteiger partial charge >= 0.3 is 0 Å². The van der Waals surface area contributed by atoms with Gasteiger partial charge in [0.1, 0.15) is 4.83 Å². The second kappa shape index (κ2) is 10.0. The van der Waals surface area contributed by atoms with Crippen LogP contribution < -0.4 is 5.56 Å². The zero-order valence-electron chi connectivity index (χ0n) is 19.0. The van der Waals surface area contributed by atoms with Gasteiger partial charge in [-0.15, -0.1) is 11.3 Å². The van der Waals surface area contributed by atoms with Crippen molar-refractivity contribution in [1.29, 1.82) is 0 Å². The van der Waals surface area contributed by atoms with Gasteiger partial charge in [0.05, 0.1) is 11.1 Å². The summed E-state index contributed by atoms with van der Waals surface area (Å²) in [5, 5.41) is 1.54. The first-order valence-electron chi connectivity index (χ1n) is 11.6. The molecule has 170 valence electrons. The van der Waals surface area contributed by atoms with Gasteiger partial charge in [0.15, 0.2) is 5.16 Å². The number of likely N-dealkylation sites (tertiary alicyclic amines) is 1. The Kier molecular flexibility index (Phi) is 7.39. The smallest absolute Gasteiger partial charge is 0.263 e. The van der Waals surface area contributed by atoms with Crippen molar-refractivity contribution in [1.82, 2.24) is 19.4 Å². The van der Waals surface area contributed by atoms with Gasteiger partial charge in [-0.2, -0.15) is 0 Å². The van der Waals surface area contributed by atoms with Gasteiger partial charge in [-0.25, -0.2) is 4.98 Å². The number of fused-ring (bicyclic) bond motifs is 3. The van der Waals surface area contributed by atoms with Crippen LogP contribution in [0, 0.1) is 0 Å². The minimum Gasteiger partial charge on any atom is -0.339 e. The maximum absolute atomic E-state index is 13.6. The van der Waals surface area contributed by atoms with Crippen LogP contribution in [0.4, 0.5) is 0 Å². The average Bonchev–Trinajstić information content (AvgIpc) is 3.12. The first-order chi connectivity index (χ1) is 15.0. The number of piperidine rings is 1. The molecule has 1 fully saturated rings. The van der Waals surface area contributed by atoms with E-state index in [-0.39, 0.29) is 11.5 Å². The molecule has 3 heterocycles. The van der Waals surface area contributed by atoms with Crippen LogP contribution in [-0.4, -0.2) is 64.2 Å². The van der Waals surface area contributed by atoms with E-state index in [1.54, 1.807) is 11.3 Å². The van der Waals surface area contributed by atoms with Crippen LogP contribution >= 0.6 is 23.1 Å². The second-order valence-corrected chi connectivity index (χ2v) is 11.1. The third kappa shape index (κ3) is 5.01. The van der Waals surface area contributed by atoms with Gasteiger partial charge in [-0.05, 0) is 84.5 Å². The van der Waals surface area contributed by atoms with Gasteiger partial charge in [0.2, 0.25) is 5.91 Å². The molecule has 1 saturated heterocycles. The predicted molar refractivity (Wildman–Crippen MR) is 129 cm³/mol. The van der Waals surface area contributed by atoms with Crippen molar-refractivity contribution in [3.05, 3.63) is 20.8 Å². The molecule has 1 aliphatic carbocycles. The van der Waals surface area contributed by atoms with E-state index < -0.39 is 0 Å². The van der Waals surface area contributed by atoms with Crippen LogP contribution in [0.1, 0.15) is 55.9 Å². The van der Waals surface area contributed by atoms with E-state index in [2.05, 4.69) is 11.8 Å². The lowest BCUT2D eigenvalue weighted by Crippen LogP contribution is -2.43. The topological polar surface area (TPSA) is 58.4 Å². The number of nitrogens with zero attached hydrogens (tertiary/aromatic N) is 4. The maximum atomic E-state index is 13.6. The maximum Gasteiger partial charge on any atom is 0.263 e. The Hall–Kier alpha value is -1.38. The van der Waals surface area contributed by atoms with Gasteiger partial charge in [0, 0.05) is 24.0 Å². The summed E-state index contributed by atoms with van der Waals surface area (Å²) in [6.45, 7) is 4.54. The standard InChI is InChI=1S/C23H34N4O2S2/c1-16-9-6-7-13-26(16)19(28)15-30-23-24-21-20(17-10-4-5-11-18(17)31-21)22(29)27(23)14-8-12-25(2)3/h16H,4-15H2,1-3H3. The number of carbonyl (C=O) groups is 1. The predicted octanol–water partition coefficient (Wildman–Crippen LogP) is 3.78. The highest BCUT2D eigenvalue weighted by Crippen LogP contribution is 2.34. The van der Waals surface area contributed by atoms with E-state index in [0.29, 0.717) is 23.5 Å². The number of aromatic nitrogens is 2. The van der Waals surface area contributed by atoms with Crippen molar-refractivity contribution in [2.45, 2.75) is 76.0 Å². The summed E-state index contributed by atoms with van der Waals surface area (Å²) in [6.07, 6.45) is 8.64. The van der Waals surface area contributed by atoms with E-state index in [1.165, 1.54) is 35.0 Å². The first-order valence-corrected chi connectivity index (χ1v) is 13.4. The Bertz CT molecular complexity index is 998. The molecule has 2 aromatic rings. The van der Waals surface area contributed by atoms with Crippen molar-refractivity contribution >= 4 is 39.2 Å². The fraction of sp³-hybridized carbons (Fsp3) is 0.696. The minimum atomic E-state index is 0.0874. The van der Waals surface area contributed by atoms with E-state index >= 15 is 0 Å². The quantitative estimate of drug-likeness (QED) is 0.463. The summed E-state index contributed by atoms with van der Waals surface area (Å²) in [5.74, 6) is 0.512. The number of thioether (sulfide) groups is 1. The highest BCUT2D eigenvalue weighted by Gasteiger charge is 2.25. The lowest BCUT2D eigenvalue weighted by molar-refractivity contribution is -0.131. The largest absolute Gasteiger partial charge is 0.339 e. The summed E-state index contributed by atoms with van der Waals surface area (Å²) < 4.78 is 1.84. The molecular formula is C23H34N4O2S2.